The van der Waals surface area contributed by atoms with Crippen LogP contribution in [0.4, 0.5) is 10.1 Å². The lowest BCUT2D eigenvalue weighted by molar-refractivity contribution is -0.116. The van der Waals surface area contributed by atoms with Crippen molar-refractivity contribution in [3.8, 4) is 11.5 Å². The van der Waals surface area contributed by atoms with Gasteiger partial charge in [0, 0.05) is 31.1 Å². The summed E-state index contributed by atoms with van der Waals surface area (Å²) in [6, 6.07) is 10.3. The predicted molar refractivity (Wildman–Crippen MR) is 99.1 cm³/mol. The molecule has 25 heavy (non-hydrogen) atoms. The summed E-state index contributed by atoms with van der Waals surface area (Å²) in [6.45, 7) is 1.02. The molecule has 2 rings (SSSR count). The molecule has 2 aromatic carbocycles. The highest BCUT2D eigenvalue weighted by Crippen LogP contribution is 2.24. The lowest BCUT2D eigenvalue weighted by Gasteiger charge is -2.11. The van der Waals surface area contributed by atoms with E-state index in [1.807, 2.05) is 18.2 Å². The van der Waals surface area contributed by atoms with Crippen molar-refractivity contribution in [2.24, 2.45) is 0 Å². The average Bonchev–Trinajstić information content (AvgIpc) is 2.61. The number of hydrogen-bond acceptors (Lipinski definition) is 4. The van der Waals surface area contributed by atoms with E-state index >= 15 is 0 Å². The fourth-order valence-electron chi connectivity index (χ4n) is 2.36. The third kappa shape index (κ3) is 5.50. The van der Waals surface area contributed by atoms with Gasteiger partial charge in [0.05, 0.1) is 19.9 Å². The van der Waals surface area contributed by atoms with Crippen molar-refractivity contribution in [3.05, 3.63) is 47.8 Å². The Kier molecular flexibility index (Phi) is 6.83. The van der Waals surface area contributed by atoms with Crippen LogP contribution in [0.2, 0.25) is 0 Å². The molecule has 0 spiro atoms. The Hall–Kier alpha value is -2.54. The molecule has 0 atom stereocenters. The fourth-order valence-corrected chi connectivity index (χ4v) is 2.36. The second kappa shape index (κ2) is 9.08. The summed E-state index contributed by atoms with van der Waals surface area (Å²) in [5.41, 5.74) is 1.98. The highest BCUT2D eigenvalue weighted by molar-refractivity contribution is 6.32. The first-order valence-corrected chi connectivity index (χ1v) is 8.01. The second-order valence-electron chi connectivity index (χ2n) is 5.64. The average molecular weight is 344 g/mol. The summed E-state index contributed by atoms with van der Waals surface area (Å²) >= 11 is 0. The van der Waals surface area contributed by atoms with E-state index in [4.69, 9.17) is 9.47 Å². The Balaban J connectivity index is 1.80. The number of amides is 1. The van der Waals surface area contributed by atoms with Gasteiger partial charge in [0.15, 0.2) is 0 Å². The number of nitrogens with one attached hydrogen (secondary N) is 2. The molecule has 0 saturated heterocycles. The lowest BCUT2D eigenvalue weighted by atomic mass is 9.96. The third-order valence-corrected chi connectivity index (χ3v) is 3.74. The van der Waals surface area contributed by atoms with Gasteiger partial charge in [-0.05, 0) is 18.2 Å². The minimum Gasteiger partial charge on any atom is -0.497 e. The topological polar surface area (TPSA) is 59.6 Å². The maximum Gasteiger partial charge on any atom is 0.225 e. The largest absolute Gasteiger partial charge is 0.497 e. The fraction of sp³-hybridized carbons (Fsp3) is 0.278. The first kappa shape index (κ1) is 18.8. The van der Waals surface area contributed by atoms with Crippen LogP contribution < -0.4 is 25.6 Å². The third-order valence-electron chi connectivity index (χ3n) is 3.74. The number of benzene rings is 2. The molecule has 0 saturated carbocycles. The number of anilines is 1. The lowest BCUT2D eigenvalue weighted by Crippen LogP contribution is -2.22. The van der Waals surface area contributed by atoms with Crippen LogP contribution in [0.1, 0.15) is 12.0 Å². The molecule has 0 heterocycles. The number of carbonyl (C=O) groups is 1. The van der Waals surface area contributed by atoms with Gasteiger partial charge in [-0.15, -0.1) is 0 Å². The van der Waals surface area contributed by atoms with Gasteiger partial charge in [-0.2, -0.15) is 0 Å². The zero-order valence-corrected chi connectivity index (χ0v) is 14.7. The molecule has 0 radical (unpaired) electrons. The molecule has 0 aliphatic carbocycles. The molecule has 0 aliphatic rings. The molecule has 5 nitrogen and oxygen atoms in total. The molecule has 2 aromatic rings. The molecule has 0 aromatic heterocycles. The summed E-state index contributed by atoms with van der Waals surface area (Å²) in [4.78, 5) is 11.9. The molecular formula is C18H22BFN2O3. The van der Waals surface area contributed by atoms with Crippen molar-refractivity contribution < 1.29 is 18.7 Å². The monoisotopic (exact) mass is 344 g/mol. The first-order chi connectivity index (χ1) is 12.0. The number of ether oxygens (including phenoxy) is 2. The Bertz CT molecular complexity index is 740. The van der Waals surface area contributed by atoms with Gasteiger partial charge >= 0.3 is 0 Å². The molecule has 0 unspecified atom stereocenters. The van der Waals surface area contributed by atoms with E-state index in [-0.39, 0.29) is 18.0 Å². The summed E-state index contributed by atoms with van der Waals surface area (Å²) in [6.07, 6.45) is 0.242. The van der Waals surface area contributed by atoms with Crippen LogP contribution in [-0.2, 0) is 11.3 Å². The zero-order valence-electron chi connectivity index (χ0n) is 14.7. The summed E-state index contributed by atoms with van der Waals surface area (Å²) in [7, 11) is 5.00. The summed E-state index contributed by atoms with van der Waals surface area (Å²) < 4.78 is 24.2. The van der Waals surface area contributed by atoms with E-state index in [2.05, 4.69) is 10.6 Å². The van der Waals surface area contributed by atoms with Crippen molar-refractivity contribution in [2.45, 2.75) is 13.0 Å². The van der Waals surface area contributed by atoms with Crippen molar-refractivity contribution in [3.63, 3.8) is 0 Å². The molecule has 7 heteroatoms. The Labute approximate surface area is 147 Å². The molecule has 1 amide bonds. The molecule has 132 valence electrons. The van der Waals surface area contributed by atoms with Crippen LogP contribution in [0.15, 0.2) is 36.4 Å². The van der Waals surface area contributed by atoms with Crippen molar-refractivity contribution >= 4 is 24.9 Å². The predicted octanol–water partition coefficient (Wildman–Crippen LogP) is 1.22. The van der Waals surface area contributed by atoms with Crippen LogP contribution in [0, 0.1) is 5.82 Å². The molecule has 0 aliphatic heterocycles. The van der Waals surface area contributed by atoms with Gasteiger partial charge in [0.25, 0.3) is 0 Å². The SMILES string of the molecule is Bc1ccc(NC(=O)CCNCc2ccc(OC)cc2OC)c(F)c1. The van der Waals surface area contributed by atoms with Crippen molar-refractivity contribution in [2.75, 3.05) is 26.1 Å². The Morgan fingerprint density at radius 2 is 1.96 bits per heavy atom. The van der Waals surface area contributed by atoms with Gasteiger partial charge in [-0.1, -0.05) is 17.6 Å². The normalized spacial score (nSPS) is 10.4. The minimum absolute atomic E-state index is 0.201. The van der Waals surface area contributed by atoms with Crippen molar-refractivity contribution in [1.29, 1.82) is 0 Å². The highest BCUT2D eigenvalue weighted by Gasteiger charge is 2.08. The van der Waals surface area contributed by atoms with Crippen LogP contribution >= 0.6 is 0 Å². The Morgan fingerprint density at radius 1 is 1.16 bits per heavy atom. The first-order valence-electron chi connectivity index (χ1n) is 8.01. The zero-order chi connectivity index (χ0) is 18.2. The molecule has 2 N–H and O–H groups in total. The number of halogens is 1. The number of hydrogen-bond donors (Lipinski definition) is 2. The Morgan fingerprint density at radius 3 is 2.64 bits per heavy atom. The number of rotatable bonds is 8. The van der Waals surface area contributed by atoms with Crippen LogP contribution in [0.3, 0.4) is 0 Å². The maximum atomic E-state index is 13.7. The van der Waals surface area contributed by atoms with E-state index in [1.54, 1.807) is 34.2 Å². The van der Waals surface area contributed by atoms with E-state index in [0.29, 0.717) is 13.1 Å². The summed E-state index contributed by atoms with van der Waals surface area (Å²) in [5, 5.41) is 5.76. The quantitative estimate of drug-likeness (QED) is 0.559. The number of methoxy groups -OCH3 is 2. The standard InChI is InChI=1S/C18H22BFN2O3/c1-24-14-5-3-12(17(10-14)25-2)11-21-8-7-18(23)22-16-6-4-13(19)9-15(16)20/h3-6,9-10,21H,7-8,11,19H2,1-2H3,(H,22,23). The van der Waals surface area contributed by atoms with Gasteiger partial charge < -0.3 is 20.1 Å². The highest BCUT2D eigenvalue weighted by atomic mass is 19.1. The second-order valence-corrected chi connectivity index (χ2v) is 5.64. The van der Waals surface area contributed by atoms with E-state index in [0.717, 1.165) is 22.5 Å². The maximum absolute atomic E-state index is 13.7. The molecule has 0 fully saturated rings. The van der Waals surface area contributed by atoms with Crippen LogP contribution in [0.25, 0.3) is 0 Å². The van der Waals surface area contributed by atoms with Gasteiger partial charge in [-0.25, -0.2) is 4.39 Å². The van der Waals surface area contributed by atoms with Gasteiger partial charge in [-0.3, -0.25) is 4.79 Å². The van der Waals surface area contributed by atoms with Crippen molar-refractivity contribution in [1.82, 2.24) is 5.32 Å². The van der Waals surface area contributed by atoms with Crippen LogP contribution in [-0.4, -0.2) is 34.5 Å². The molecular weight excluding hydrogens is 322 g/mol. The smallest absolute Gasteiger partial charge is 0.225 e. The van der Waals surface area contributed by atoms with Crippen LogP contribution in [0.5, 0.6) is 11.5 Å². The minimum atomic E-state index is -0.427. The van der Waals surface area contributed by atoms with E-state index < -0.39 is 5.82 Å². The van der Waals surface area contributed by atoms with Gasteiger partial charge in [0.2, 0.25) is 5.91 Å². The number of carbonyl (C=O) groups excluding carboxylic acids is 1. The van der Waals surface area contributed by atoms with E-state index in [9.17, 15) is 9.18 Å². The molecule has 0 bridgehead atoms. The summed E-state index contributed by atoms with van der Waals surface area (Å²) in [5.74, 6) is 0.777. The van der Waals surface area contributed by atoms with E-state index in [1.165, 1.54) is 6.07 Å². The van der Waals surface area contributed by atoms with Gasteiger partial charge in [0.1, 0.15) is 25.2 Å².